The highest BCUT2D eigenvalue weighted by Crippen LogP contribution is 2.80. The summed E-state index contributed by atoms with van der Waals surface area (Å²) in [5.41, 5.74) is -1.28. The molecule has 1 aromatic rings. The number of carbonyl (C=O) groups excluding carboxylic acids is 2. The van der Waals surface area contributed by atoms with Gasteiger partial charge in [-0.1, -0.05) is 27.7 Å². The van der Waals surface area contributed by atoms with Gasteiger partial charge in [-0.05, 0) is 43.2 Å². The van der Waals surface area contributed by atoms with E-state index >= 15 is 0 Å². The summed E-state index contributed by atoms with van der Waals surface area (Å²) in [5, 5.41) is 0. The van der Waals surface area contributed by atoms with Crippen LogP contribution in [0.15, 0.2) is 23.0 Å². The van der Waals surface area contributed by atoms with Crippen molar-refractivity contribution < 1.29 is 28.2 Å². The summed E-state index contributed by atoms with van der Waals surface area (Å²) >= 11 is 0. The highest BCUT2D eigenvalue weighted by atomic mass is 16.7. The maximum Gasteiger partial charge on any atom is 0.306 e. The zero-order valence-corrected chi connectivity index (χ0v) is 19.5. The van der Waals surface area contributed by atoms with Crippen LogP contribution in [0.25, 0.3) is 0 Å². The summed E-state index contributed by atoms with van der Waals surface area (Å²) < 4.78 is 25.3. The molecule has 6 heteroatoms. The lowest BCUT2D eigenvalue weighted by Gasteiger charge is -2.59. The van der Waals surface area contributed by atoms with Crippen molar-refractivity contribution in [2.75, 3.05) is 0 Å². The van der Waals surface area contributed by atoms with E-state index in [1.165, 1.54) is 5.56 Å². The van der Waals surface area contributed by atoms with Crippen LogP contribution in [-0.2, 0) is 23.8 Å². The fraction of sp³-hybridized carbons (Fsp3) is 0.769. The highest BCUT2D eigenvalue weighted by Gasteiger charge is 2.90. The minimum absolute atomic E-state index is 0.00463. The summed E-state index contributed by atoms with van der Waals surface area (Å²) in [7, 11) is 0. The van der Waals surface area contributed by atoms with E-state index in [-0.39, 0.29) is 65.1 Å². The van der Waals surface area contributed by atoms with Gasteiger partial charge in [-0.25, -0.2) is 0 Å². The Bertz CT molecular complexity index is 1040. The van der Waals surface area contributed by atoms with Gasteiger partial charge in [0.05, 0.1) is 30.8 Å². The highest BCUT2D eigenvalue weighted by molar-refractivity contribution is 5.87. The first-order chi connectivity index (χ1) is 15.0. The number of carbonyl (C=O) groups is 2. The second-order valence-corrected chi connectivity index (χ2v) is 12.5. The van der Waals surface area contributed by atoms with Crippen molar-refractivity contribution >= 4 is 11.8 Å². The SMILES string of the molecule is CC1(C)C(=O)C[C@H]2O[C@H]3C[C@@]4(C)[C@@H](c5ccoc5)C[C@H]5O[C@]54[C@]4(C)OC(=O)C[C@H]1[C@@]2(C)[C@@H]34. The second kappa shape index (κ2) is 5.35. The van der Waals surface area contributed by atoms with E-state index < -0.39 is 16.6 Å². The van der Waals surface area contributed by atoms with Gasteiger partial charge in [-0.15, -0.1) is 0 Å². The van der Waals surface area contributed by atoms with E-state index in [0.29, 0.717) is 6.42 Å². The minimum atomic E-state index is -0.792. The van der Waals surface area contributed by atoms with Crippen molar-refractivity contribution in [2.45, 2.75) is 95.7 Å². The number of furan rings is 1. The van der Waals surface area contributed by atoms with Crippen LogP contribution in [-0.4, -0.2) is 41.3 Å². The molecule has 6 nitrogen and oxygen atoms in total. The fourth-order valence-electron chi connectivity index (χ4n) is 9.89. The van der Waals surface area contributed by atoms with E-state index in [1.807, 2.05) is 20.1 Å². The maximum absolute atomic E-state index is 13.4. The van der Waals surface area contributed by atoms with Crippen molar-refractivity contribution in [1.82, 2.24) is 0 Å². The van der Waals surface area contributed by atoms with Gasteiger partial charge >= 0.3 is 5.97 Å². The molecule has 0 radical (unpaired) electrons. The molecule has 0 bridgehead atoms. The van der Waals surface area contributed by atoms with Crippen LogP contribution in [0.5, 0.6) is 0 Å². The molecule has 6 fully saturated rings. The number of hydrogen-bond acceptors (Lipinski definition) is 6. The molecule has 172 valence electrons. The lowest BCUT2D eigenvalue weighted by atomic mass is 9.44. The molecule has 0 amide bonds. The largest absolute Gasteiger partial charge is 0.472 e. The van der Waals surface area contributed by atoms with Crippen LogP contribution in [0.4, 0.5) is 0 Å². The Balaban J connectivity index is 1.43. The molecule has 1 spiro atoms. The summed E-state index contributed by atoms with van der Waals surface area (Å²) in [6, 6.07) is 2.05. The monoisotopic (exact) mass is 440 g/mol. The van der Waals surface area contributed by atoms with Crippen LogP contribution in [0.3, 0.4) is 0 Å². The van der Waals surface area contributed by atoms with Gasteiger partial charge in [0.1, 0.15) is 17.0 Å². The average molecular weight is 441 g/mol. The molecule has 6 aliphatic rings. The van der Waals surface area contributed by atoms with Gasteiger partial charge in [0.2, 0.25) is 0 Å². The van der Waals surface area contributed by atoms with E-state index in [1.54, 1.807) is 6.26 Å². The third-order valence-electron chi connectivity index (χ3n) is 11.2. The van der Waals surface area contributed by atoms with E-state index in [2.05, 4.69) is 26.8 Å². The maximum atomic E-state index is 13.4. The molecule has 3 aliphatic carbocycles. The van der Waals surface area contributed by atoms with E-state index in [4.69, 9.17) is 18.6 Å². The fourth-order valence-corrected chi connectivity index (χ4v) is 9.89. The van der Waals surface area contributed by atoms with Gasteiger partial charge in [-0.2, -0.15) is 0 Å². The standard InChI is InChI=1S/C26H32O6/c1-22(2)16-9-20(28)32-25(5)21-15(30-18(10-17(22)27)24(16,21)4)11-23(3)14(13-6-7-29-12-13)8-19-26(23,25)31-19/h6-7,12,14-16,18-19,21H,8-11H2,1-5H3/t14-,15+,16-,18-,19-,21-,23+,24-,25-,26-/m1/s1. The molecular formula is C26H32O6. The van der Waals surface area contributed by atoms with Crippen LogP contribution in [0, 0.1) is 28.1 Å². The molecule has 1 aromatic heterocycles. The smallest absolute Gasteiger partial charge is 0.306 e. The molecule has 7 rings (SSSR count). The van der Waals surface area contributed by atoms with Crippen LogP contribution in [0.1, 0.15) is 71.8 Å². The van der Waals surface area contributed by atoms with Gasteiger partial charge in [0.15, 0.2) is 0 Å². The zero-order valence-electron chi connectivity index (χ0n) is 19.5. The molecule has 4 heterocycles. The number of Topliss-reactive ketones (excluding diaryl/α,β-unsaturated/α-hetero) is 1. The van der Waals surface area contributed by atoms with E-state index in [9.17, 15) is 9.59 Å². The van der Waals surface area contributed by atoms with E-state index in [0.717, 1.165) is 12.8 Å². The number of rotatable bonds is 1. The van der Waals surface area contributed by atoms with Gasteiger partial charge in [0, 0.05) is 35.0 Å². The Hall–Kier alpha value is -1.66. The molecule has 0 unspecified atom stereocenters. The van der Waals surface area contributed by atoms with Crippen molar-refractivity contribution in [3.63, 3.8) is 0 Å². The number of hydrogen-bond donors (Lipinski definition) is 0. The Kier molecular flexibility index (Phi) is 3.31. The average Bonchev–Trinajstić information content (AvgIpc) is 2.99. The van der Waals surface area contributed by atoms with Crippen molar-refractivity contribution in [3.8, 4) is 0 Å². The predicted octanol–water partition coefficient (Wildman–Crippen LogP) is 4.03. The first-order valence-electron chi connectivity index (χ1n) is 12.1. The Labute approximate surface area is 188 Å². The van der Waals surface area contributed by atoms with Crippen molar-refractivity contribution in [3.05, 3.63) is 24.2 Å². The number of ketones is 1. The Morgan fingerprint density at radius 1 is 1.03 bits per heavy atom. The molecule has 10 atom stereocenters. The van der Waals surface area contributed by atoms with Gasteiger partial charge < -0.3 is 18.6 Å². The second-order valence-electron chi connectivity index (χ2n) is 12.5. The number of epoxide rings is 1. The third kappa shape index (κ3) is 1.80. The first kappa shape index (κ1) is 19.8. The van der Waals surface area contributed by atoms with Gasteiger partial charge in [0.25, 0.3) is 0 Å². The summed E-state index contributed by atoms with van der Waals surface area (Å²) in [4.78, 5) is 26.5. The van der Waals surface area contributed by atoms with Crippen LogP contribution >= 0.6 is 0 Å². The quantitative estimate of drug-likeness (QED) is 0.485. The zero-order chi connectivity index (χ0) is 22.5. The van der Waals surface area contributed by atoms with Crippen LogP contribution in [0.2, 0.25) is 0 Å². The Morgan fingerprint density at radius 2 is 1.81 bits per heavy atom. The summed E-state index contributed by atoms with van der Waals surface area (Å²) in [6.45, 7) is 10.7. The molecule has 32 heavy (non-hydrogen) atoms. The summed E-state index contributed by atoms with van der Waals surface area (Å²) in [6.07, 6.45) is 5.79. The molecule has 3 saturated heterocycles. The molecular weight excluding hydrogens is 408 g/mol. The van der Waals surface area contributed by atoms with Gasteiger partial charge in [-0.3, -0.25) is 9.59 Å². The third-order valence-corrected chi connectivity index (χ3v) is 11.2. The minimum Gasteiger partial charge on any atom is -0.472 e. The molecule has 3 saturated carbocycles. The lowest BCUT2D eigenvalue weighted by molar-refractivity contribution is -0.213. The van der Waals surface area contributed by atoms with Crippen LogP contribution < -0.4 is 0 Å². The van der Waals surface area contributed by atoms with Crippen molar-refractivity contribution in [2.24, 2.45) is 28.1 Å². The number of ether oxygens (including phenoxy) is 3. The first-order valence-corrected chi connectivity index (χ1v) is 12.1. The predicted molar refractivity (Wildman–Crippen MR) is 113 cm³/mol. The molecule has 0 N–H and O–H groups in total. The normalized spacial score (nSPS) is 56.7. The molecule has 0 aromatic carbocycles. The lowest BCUT2D eigenvalue weighted by Crippen LogP contribution is -2.69. The Morgan fingerprint density at radius 3 is 2.53 bits per heavy atom. The number of esters is 1. The topological polar surface area (TPSA) is 78.3 Å². The molecule has 3 aliphatic heterocycles. The summed E-state index contributed by atoms with van der Waals surface area (Å²) in [5.74, 6) is 0.154. The van der Waals surface area contributed by atoms with Crippen molar-refractivity contribution in [1.29, 1.82) is 0 Å².